The first-order chi connectivity index (χ1) is 9.17. The first kappa shape index (κ1) is 15.5. The number of nitrogens with one attached hydrogen (secondary N) is 1. The average Bonchev–Trinajstić information content (AvgIpc) is 2.43. The fourth-order valence-electron chi connectivity index (χ4n) is 1.99. The Balaban J connectivity index is 2.19. The third-order valence-corrected chi connectivity index (χ3v) is 3.23. The minimum Gasteiger partial charge on any atom is -0.356 e. The van der Waals surface area contributed by atoms with Crippen LogP contribution in [-0.4, -0.2) is 60.7 Å². The molecule has 0 saturated carbocycles. The molecule has 1 aliphatic rings. The maximum Gasteiger partial charge on any atom is 0.232 e. The molecule has 108 valence electrons. The van der Waals surface area contributed by atoms with Crippen LogP contribution in [0.1, 0.15) is 32.6 Å². The standard InChI is InChI=1S/C13H23N3O3/c1-2-3-4-5-14-12(18)10-13(19)16-8-6-15(11-17)7-9-16/h11H,2-10H2,1H3,(H,14,18). The summed E-state index contributed by atoms with van der Waals surface area (Å²) in [5.41, 5.74) is 0. The number of hydrogen-bond acceptors (Lipinski definition) is 3. The Morgan fingerprint density at radius 2 is 1.84 bits per heavy atom. The van der Waals surface area contributed by atoms with E-state index < -0.39 is 0 Å². The molecule has 0 unspecified atom stereocenters. The first-order valence-electron chi connectivity index (χ1n) is 6.91. The van der Waals surface area contributed by atoms with Gasteiger partial charge in [0, 0.05) is 32.7 Å². The quantitative estimate of drug-likeness (QED) is 0.401. The van der Waals surface area contributed by atoms with Gasteiger partial charge in [-0.05, 0) is 6.42 Å². The van der Waals surface area contributed by atoms with E-state index in [-0.39, 0.29) is 18.2 Å². The van der Waals surface area contributed by atoms with E-state index in [1.165, 1.54) is 0 Å². The maximum absolute atomic E-state index is 11.9. The summed E-state index contributed by atoms with van der Waals surface area (Å²) in [7, 11) is 0. The summed E-state index contributed by atoms with van der Waals surface area (Å²) in [6.07, 6.45) is 3.85. The summed E-state index contributed by atoms with van der Waals surface area (Å²) in [4.78, 5) is 37.2. The first-order valence-corrected chi connectivity index (χ1v) is 6.91. The number of hydrogen-bond donors (Lipinski definition) is 1. The van der Waals surface area contributed by atoms with Crippen LogP contribution in [0.4, 0.5) is 0 Å². The normalized spacial score (nSPS) is 15.2. The molecule has 0 aromatic carbocycles. The Labute approximate surface area is 114 Å². The molecule has 1 aliphatic heterocycles. The molecule has 0 aromatic rings. The molecule has 0 spiro atoms. The van der Waals surface area contributed by atoms with Crippen molar-refractivity contribution in [3.63, 3.8) is 0 Å². The van der Waals surface area contributed by atoms with Gasteiger partial charge in [0.05, 0.1) is 0 Å². The second-order valence-corrected chi connectivity index (χ2v) is 4.76. The predicted octanol–water partition coefficient (Wildman–Crippen LogP) is -0.0165. The Hall–Kier alpha value is -1.59. The third-order valence-electron chi connectivity index (χ3n) is 3.23. The molecule has 0 aliphatic carbocycles. The van der Waals surface area contributed by atoms with Crippen LogP contribution in [0.3, 0.4) is 0 Å². The average molecular weight is 269 g/mol. The highest BCUT2D eigenvalue weighted by atomic mass is 16.2. The number of carbonyl (C=O) groups excluding carboxylic acids is 3. The van der Waals surface area contributed by atoms with Crippen LogP contribution in [0.25, 0.3) is 0 Å². The van der Waals surface area contributed by atoms with Crippen LogP contribution < -0.4 is 5.32 Å². The second kappa shape index (κ2) is 8.50. The molecule has 0 aromatic heterocycles. The molecule has 1 saturated heterocycles. The number of rotatable bonds is 7. The van der Waals surface area contributed by atoms with Gasteiger partial charge >= 0.3 is 0 Å². The lowest BCUT2D eigenvalue weighted by Gasteiger charge is -2.32. The van der Waals surface area contributed by atoms with Gasteiger partial charge in [-0.15, -0.1) is 0 Å². The van der Waals surface area contributed by atoms with Crippen LogP contribution in [-0.2, 0) is 14.4 Å². The van der Waals surface area contributed by atoms with Crippen molar-refractivity contribution < 1.29 is 14.4 Å². The number of unbranched alkanes of at least 4 members (excludes halogenated alkanes) is 2. The van der Waals surface area contributed by atoms with Gasteiger partial charge in [-0.25, -0.2) is 0 Å². The van der Waals surface area contributed by atoms with Gasteiger partial charge in [0.25, 0.3) is 0 Å². The highest BCUT2D eigenvalue weighted by molar-refractivity contribution is 5.96. The monoisotopic (exact) mass is 269 g/mol. The zero-order valence-corrected chi connectivity index (χ0v) is 11.6. The van der Waals surface area contributed by atoms with Crippen molar-refractivity contribution >= 4 is 18.2 Å². The largest absolute Gasteiger partial charge is 0.356 e. The van der Waals surface area contributed by atoms with Gasteiger partial charge in [0.2, 0.25) is 18.2 Å². The Kier molecular flexibility index (Phi) is 6.92. The van der Waals surface area contributed by atoms with Crippen molar-refractivity contribution in [2.45, 2.75) is 32.6 Å². The van der Waals surface area contributed by atoms with Crippen molar-refractivity contribution in [1.82, 2.24) is 15.1 Å². The van der Waals surface area contributed by atoms with Gasteiger partial charge < -0.3 is 15.1 Å². The van der Waals surface area contributed by atoms with E-state index in [9.17, 15) is 14.4 Å². The summed E-state index contributed by atoms with van der Waals surface area (Å²) < 4.78 is 0. The Morgan fingerprint density at radius 1 is 1.16 bits per heavy atom. The molecule has 0 radical (unpaired) electrons. The van der Waals surface area contributed by atoms with Crippen molar-refractivity contribution in [1.29, 1.82) is 0 Å². The zero-order valence-electron chi connectivity index (χ0n) is 11.6. The highest BCUT2D eigenvalue weighted by Crippen LogP contribution is 2.02. The lowest BCUT2D eigenvalue weighted by molar-refractivity contribution is -0.138. The van der Waals surface area contributed by atoms with Gasteiger partial charge in [0.15, 0.2) is 0 Å². The van der Waals surface area contributed by atoms with E-state index in [0.717, 1.165) is 25.7 Å². The second-order valence-electron chi connectivity index (χ2n) is 4.76. The number of nitrogens with zero attached hydrogens (tertiary/aromatic N) is 2. The fourth-order valence-corrected chi connectivity index (χ4v) is 1.99. The number of piperazine rings is 1. The lowest BCUT2D eigenvalue weighted by atomic mass is 10.2. The molecule has 1 rings (SSSR count). The van der Waals surface area contributed by atoms with Crippen molar-refractivity contribution in [2.24, 2.45) is 0 Å². The molecule has 1 fully saturated rings. The van der Waals surface area contributed by atoms with Crippen LogP contribution in [0.15, 0.2) is 0 Å². The summed E-state index contributed by atoms with van der Waals surface area (Å²) in [6.45, 7) is 4.87. The van der Waals surface area contributed by atoms with Gasteiger partial charge in [-0.3, -0.25) is 14.4 Å². The molecule has 1 heterocycles. The third kappa shape index (κ3) is 5.72. The molecule has 1 N–H and O–H groups in total. The molecule has 0 bridgehead atoms. The van der Waals surface area contributed by atoms with Crippen LogP contribution in [0.5, 0.6) is 0 Å². The van der Waals surface area contributed by atoms with E-state index in [4.69, 9.17) is 0 Å². The summed E-state index contributed by atoms with van der Waals surface area (Å²) >= 11 is 0. The number of carbonyl (C=O) groups is 3. The molecule has 0 atom stereocenters. The van der Waals surface area contributed by atoms with Crippen LogP contribution >= 0.6 is 0 Å². The molecule has 6 heteroatoms. The fraction of sp³-hybridized carbons (Fsp3) is 0.769. The smallest absolute Gasteiger partial charge is 0.232 e. The van der Waals surface area contributed by atoms with Crippen LogP contribution in [0, 0.1) is 0 Å². The van der Waals surface area contributed by atoms with Crippen LogP contribution in [0.2, 0.25) is 0 Å². The summed E-state index contributed by atoms with van der Waals surface area (Å²) in [5.74, 6) is -0.363. The topological polar surface area (TPSA) is 69.7 Å². The van der Waals surface area contributed by atoms with Crippen molar-refractivity contribution in [2.75, 3.05) is 32.7 Å². The lowest BCUT2D eigenvalue weighted by Crippen LogP contribution is -2.49. The minimum atomic E-state index is -0.209. The van der Waals surface area contributed by atoms with E-state index >= 15 is 0 Å². The van der Waals surface area contributed by atoms with Crippen molar-refractivity contribution in [3.8, 4) is 0 Å². The molecule has 19 heavy (non-hydrogen) atoms. The number of amides is 3. The Bertz CT molecular complexity index is 312. The molecule has 3 amide bonds. The van der Waals surface area contributed by atoms with E-state index in [0.29, 0.717) is 32.7 Å². The summed E-state index contributed by atoms with van der Waals surface area (Å²) in [5, 5.41) is 2.75. The molecular weight excluding hydrogens is 246 g/mol. The van der Waals surface area contributed by atoms with E-state index in [1.807, 2.05) is 0 Å². The maximum atomic E-state index is 11.9. The minimum absolute atomic E-state index is 0.0901. The zero-order chi connectivity index (χ0) is 14.1. The predicted molar refractivity (Wildman–Crippen MR) is 71.4 cm³/mol. The Morgan fingerprint density at radius 3 is 2.42 bits per heavy atom. The van der Waals surface area contributed by atoms with E-state index in [2.05, 4.69) is 12.2 Å². The summed E-state index contributed by atoms with van der Waals surface area (Å²) in [6, 6.07) is 0. The van der Waals surface area contributed by atoms with Gasteiger partial charge in [-0.2, -0.15) is 0 Å². The van der Waals surface area contributed by atoms with Gasteiger partial charge in [-0.1, -0.05) is 19.8 Å². The van der Waals surface area contributed by atoms with E-state index in [1.54, 1.807) is 9.80 Å². The van der Waals surface area contributed by atoms with Crippen molar-refractivity contribution in [3.05, 3.63) is 0 Å². The molecular formula is C13H23N3O3. The highest BCUT2D eigenvalue weighted by Gasteiger charge is 2.21. The SMILES string of the molecule is CCCCCNC(=O)CC(=O)N1CCN(C=O)CC1. The molecule has 6 nitrogen and oxygen atoms in total. The van der Waals surface area contributed by atoms with Gasteiger partial charge in [0.1, 0.15) is 6.42 Å².